The molecule has 0 spiro atoms. The Bertz CT molecular complexity index is 1620. The summed E-state index contributed by atoms with van der Waals surface area (Å²) in [5, 5.41) is 25.4. The SMILES string of the molecule is N#Cc1cnc(N[C@H]2CC[C@H](N(C(=O)CCc3ncccn3)c3ccc(-c4cnc(CO)nc4)cn3)CC2)nc1NC1COC1. The van der Waals surface area contributed by atoms with E-state index < -0.39 is 0 Å². The highest BCUT2D eigenvalue weighted by atomic mass is 16.5. The van der Waals surface area contributed by atoms with E-state index in [1.807, 2.05) is 17.0 Å². The molecule has 0 radical (unpaired) electrons. The molecule has 0 atom stereocenters. The number of aryl methyl sites for hydroxylation is 1. The third-order valence-electron chi connectivity index (χ3n) is 7.91. The fourth-order valence-electron chi connectivity index (χ4n) is 5.42. The Balaban J connectivity index is 1.15. The lowest BCUT2D eigenvalue weighted by atomic mass is 9.89. The van der Waals surface area contributed by atoms with Gasteiger partial charge in [-0.05, 0) is 43.9 Å². The van der Waals surface area contributed by atoms with Crippen molar-refractivity contribution in [3.8, 4) is 17.2 Å². The second kappa shape index (κ2) is 14.1. The van der Waals surface area contributed by atoms with Gasteiger partial charge < -0.3 is 20.5 Å². The van der Waals surface area contributed by atoms with Crippen LogP contribution in [0.5, 0.6) is 0 Å². The largest absolute Gasteiger partial charge is 0.388 e. The highest BCUT2D eigenvalue weighted by Gasteiger charge is 2.31. The minimum atomic E-state index is -0.227. The van der Waals surface area contributed by atoms with Gasteiger partial charge in [-0.2, -0.15) is 10.2 Å². The molecule has 4 aromatic heterocycles. The average Bonchev–Trinajstić information content (AvgIpc) is 3.07. The predicted molar refractivity (Wildman–Crippen MR) is 164 cm³/mol. The lowest BCUT2D eigenvalue weighted by Gasteiger charge is -2.36. The molecule has 1 aliphatic carbocycles. The van der Waals surface area contributed by atoms with Gasteiger partial charge in [0.1, 0.15) is 35.7 Å². The van der Waals surface area contributed by atoms with Crippen molar-refractivity contribution in [3.63, 3.8) is 0 Å². The molecule has 1 saturated carbocycles. The number of pyridine rings is 1. The second-order valence-electron chi connectivity index (χ2n) is 11.0. The summed E-state index contributed by atoms with van der Waals surface area (Å²) in [6.45, 7) is 0.938. The molecule has 230 valence electrons. The predicted octanol–water partition coefficient (Wildman–Crippen LogP) is 2.68. The Labute approximate surface area is 260 Å². The minimum absolute atomic E-state index is 0.0409. The van der Waals surface area contributed by atoms with Crippen LogP contribution >= 0.6 is 0 Å². The van der Waals surface area contributed by atoms with Gasteiger partial charge in [0.15, 0.2) is 5.82 Å². The fourth-order valence-corrected chi connectivity index (χ4v) is 5.42. The van der Waals surface area contributed by atoms with Crippen LogP contribution in [0.4, 0.5) is 17.6 Å². The Morgan fingerprint density at radius 1 is 0.911 bits per heavy atom. The number of aliphatic hydroxyl groups is 1. The zero-order chi connectivity index (χ0) is 31.0. The number of aliphatic hydroxyl groups excluding tert-OH is 1. The molecule has 3 N–H and O–H groups in total. The number of ether oxygens (including phenoxy) is 1. The van der Waals surface area contributed by atoms with Gasteiger partial charge in [0.25, 0.3) is 0 Å². The molecule has 6 rings (SSSR count). The Morgan fingerprint density at radius 3 is 2.31 bits per heavy atom. The lowest BCUT2D eigenvalue weighted by molar-refractivity contribution is -0.119. The van der Waals surface area contributed by atoms with E-state index in [0.717, 1.165) is 36.8 Å². The van der Waals surface area contributed by atoms with Crippen molar-refractivity contribution in [1.29, 1.82) is 5.26 Å². The van der Waals surface area contributed by atoms with E-state index in [2.05, 4.69) is 51.6 Å². The van der Waals surface area contributed by atoms with E-state index in [1.165, 1.54) is 6.20 Å². The third kappa shape index (κ3) is 7.34. The van der Waals surface area contributed by atoms with Gasteiger partial charge >= 0.3 is 0 Å². The molecular weight excluding hydrogens is 574 g/mol. The minimum Gasteiger partial charge on any atom is -0.388 e. The standard InChI is InChI=1S/C31H33N11O3/c32-12-21-14-38-31(41-30(21)39-24-18-45-19-24)40-23-3-5-25(6-4-23)42(29(44)9-7-26-33-10-1-11-34-26)28-8-2-20(13-37-28)22-15-35-27(17-43)36-16-22/h1-2,8,10-11,13-16,23-25,43H,3-7,9,17-19H2,(H2,38,39,40,41)/t23-,25-. The summed E-state index contributed by atoms with van der Waals surface area (Å²) in [5.41, 5.74) is 1.96. The van der Waals surface area contributed by atoms with Gasteiger partial charge in [0.05, 0.1) is 25.5 Å². The summed E-state index contributed by atoms with van der Waals surface area (Å²) < 4.78 is 5.23. The van der Waals surface area contributed by atoms with Crippen molar-refractivity contribution in [2.24, 2.45) is 0 Å². The lowest BCUT2D eigenvalue weighted by Crippen LogP contribution is -2.45. The molecule has 1 amide bonds. The summed E-state index contributed by atoms with van der Waals surface area (Å²) in [7, 11) is 0. The molecule has 0 bridgehead atoms. The second-order valence-corrected chi connectivity index (χ2v) is 11.0. The van der Waals surface area contributed by atoms with Crippen LogP contribution in [-0.2, 0) is 22.6 Å². The number of carbonyl (C=O) groups is 1. The van der Waals surface area contributed by atoms with E-state index in [-0.39, 0.29) is 37.1 Å². The number of amides is 1. The number of rotatable bonds is 11. The first-order valence-corrected chi connectivity index (χ1v) is 14.9. The third-order valence-corrected chi connectivity index (χ3v) is 7.91. The first-order valence-electron chi connectivity index (χ1n) is 14.9. The van der Waals surface area contributed by atoms with E-state index in [9.17, 15) is 15.2 Å². The van der Waals surface area contributed by atoms with Crippen molar-refractivity contribution in [3.05, 3.63) is 72.6 Å². The molecule has 45 heavy (non-hydrogen) atoms. The maximum Gasteiger partial charge on any atom is 0.228 e. The Hall–Kier alpha value is -5.13. The van der Waals surface area contributed by atoms with Gasteiger partial charge in [0, 0.05) is 67.0 Å². The highest BCUT2D eigenvalue weighted by molar-refractivity contribution is 5.93. The molecule has 2 aliphatic rings. The van der Waals surface area contributed by atoms with Crippen LogP contribution in [0.2, 0.25) is 0 Å². The summed E-state index contributed by atoms with van der Waals surface area (Å²) in [5.74, 6) is 2.47. The number of anilines is 3. The van der Waals surface area contributed by atoms with Crippen LogP contribution in [0, 0.1) is 11.3 Å². The van der Waals surface area contributed by atoms with E-state index in [0.29, 0.717) is 54.4 Å². The zero-order valence-corrected chi connectivity index (χ0v) is 24.6. The van der Waals surface area contributed by atoms with Gasteiger partial charge in [-0.3, -0.25) is 9.69 Å². The topological polar surface area (TPSA) is 188 Å². The van der Waals surface area contributed by atoms with Gasteiger partial charge in [-0.25, -0.2) is 29.9 Å². The molecule has 5 heterocycles. The summed E-state index contributed by atoms with van der Waals surface area (Å²) in [6, 6.07) is 7.84. The van der Waals surface area contributed by atoms with Crippen LogP contribution < -0.4 is 15.5 Å². The number of hydrogen-bond acceptors (Lipinski definition) is 13. The smallest absolute Gasteiger partial charge is 0.228 e. The Kier molecular flexibility index (Phi) is 9.38. The van der Waals surface area contributed by atoms with Gasteiger partial charge in [-0.1, -0.05) is 0 Å². The van der Waals surface area contributed by atoms with Crippen molar-refractivity contribution in [1.82, 2.24) is 34.9 Å². The molecular formula is C31H33N11O3. The first kappa shape index (κ1) is 29.9. The number of aromatic nitrogens is 7. The molecule has 14 heteroatoms. The van der Waals surface area contributed by atoms with Crippen LogP contribution in [0.1, 0.15) is 49.3 Å². The molecule has 0 unspecified atom stereocenters. The van der Waals surface area contributed by atoms with E-state index in [1.54, 1.807) is 37.1 Å². The van der Waals surface area contributed by atoms with E-state index in [4.69, 9.17) is 4.74 Å². The van der Waals surface area contributed by atoms with Gasteiger partial charge in [-0.15, -0.1) is 0 Å². The quantitative estimate of drug-likeness (QED) is 0.226. The maximum absolute atomic E-state index is 13.7. The number of nitrogens with one attached hydrogen (secondary N) is 2. The number of nitriles is 1. The highest BCUT2D eigenvalue weighted by Crippen LogP contribution is 2.30. The monoisotopic (exact) mass is 607 g/mol. The van der Waals surface area contributed by atoms with Crippen molar-refractivity contribution < 1.29 is 14.6 Å². The van der Waals surface area contributed by atoms with Crippen molar-refractivity contribution in [2.75, 3.05) is 28.7 Å². The van der Waals surface area contributed by atoms with Crippen LogP contribution in [0.15, 0.2) is 55.4 Å². The Morgan fingerprint density at radius 2 is 1.67 bits per heavy atom. The van der Waals surface area contributed by atoms with Crippen LogP contribution in [0.25, 0.3) is 11.1 Å². The van der Waals surface area contributed by atoms with E-state index >= 15 is 0 Å². The van der Waals surface area contributed by atoms with Crippen molar-refractivity contribution in [2.45, 2.75) is 63.3 Å². The van der Waals surface area contributed by atoms with Gasteiger partial charge in [0.2, 0.25) is 11.9 Å². The fraction of sp³-hybridized carbons (Fsp3) is 0.387. The van der Waals surface area contributed by atoms with Crippen molar-refractivity contribution >= 4 is 23.5 Å². The number of carbonyl (C=O) groups excluding carboxylic acids is 1. The summed E-state index contributed by atoms with van der Waals surface area (Å²) in [6.07, 6.45) is 13.7. The molecule has 0 aromatic carbocycles. The first-order chi connectivity index (χ1) is 22.1. The maximum atomic E-state index is 13.7. The normalized spacial score (nSPS) is 18.0. The number of nitrogens with zero attached hydrogens (tertiary/aromatic N) is 9. The summed E-state index contributed by atoms with van der Waals surface area (Å²) in [4.78, 5) is 46.0. The number of hydrogen-bond donors (Lipinski definition) is 3. The average molecular weight is 608 g/mol. The summed E-state index contributed by atoms with van der Waals surface area (Å²) >= 11 is 0. The molecule has 2 fully saturated rings. The van der Waals surface area contributed by atoms with Crippen LogP contribution in [-0.4, -0.2) is 77.2 Å². The zero-order valence-electron chi connectivity index (χ0n) is 24.6. The molecule has 1 saturated heterocycles. The molecule has 14 nitrogen and oxygen atoms in total. The molecule has 4 aromatic rings. The molecule has 1 aliphatic heterocycles. The van der Waals surface area contributed by atoms with Crippen LogP contribution in [0.3, 0.4) is 0 Å².